The van der Waals surface area contributed by atoms with Crippen molar-refractivity contribution in [1.29, 1.82) is 0 Å². The SMILES string of the molecule is CCC1C(=O)NCCN1S(=O)(=O)CCN. The minimum Gasteiger partial charge on any atom is -0.353 e. The van der Waals surface area contributed by atoms with Crippen LogP contribution in [0.1, 0.15) is 13.3 Å². The minimum atomic E-state index is -3.38. The lowest BCUT2D eigenvalue weighted by Crippen LogP contribution is -2.57. The number of nitrogens with zero attached hydrogens (tertiary/aromatic N) is 1. The maximum atomic E-state index is 11.8. The number of amides is 1. The van der Waals surface area contributed by atoms with Crippen LogP contribution in [0, 0.1) is 0 Å². The summed E-state index contributed by atoms with van der Waals surface area (Å²) in [7, 11) is -3.38. The molecule has 1 atom stereocenters. The second kappa shape index (κ2) is 4.91. The number of sulfonamides is 1. The van der Waals surface area contributed by atoms with Gasteiger partial charge >= 0.3 is 0 Å². The monoisotopic (exact) mass is 235 g/mol. The molecule has 6 nitrogen and oxygen atoms in total. The number of nitrogens with two attached hydrogens (primary N) is 1. The van der Waals surface area contributed by atoms with Crippen molar-refractivity contribution < 1.29 is 13.2 Å². The first-order valence-electron chi connectivity index (χ1n) is 5.00. The van der Waals surface area contributed by atoms with Crippen molar-refractivity contribution in [2.75, 3.05) is 25.4 Å². The summed E-state index contributed by atoms with van der Waals surface area (Å²) in [5.74, 6) is -0.319. The van der Waals surface area contributed by atoms with Crippen LogP contribution in [0.2, 0.25) is 0 Å². The van der Waals surface area contributed by atoms with Gasteiger partial charge in [0.05, 0.1) is 5.75 Å². The summed E-state index contributed by atoms with van der Waals surface area (Å²) in [4.78, 5) is 11.4. The Bertz CT molecular complexity index is 328. The Morgan fingerprint density at radius 2 is 2.27 bits per heavy atom. The van der Waals surface area contributed by atoms with E-state index < -0.39 is 16.1 Å². The average Bonchev–Trinajstić information content (AvgIpc) is 2.17. The van der Waals surface area contributed by atoms with Crippen LogP contribution in [0.3, 0.4) is 0 Å². The first-order chi connectivity index (χ1) is 7.03. The zero-order chi connectivity index (χ0) is 11.5. The Morgan fingerprint density at radius 1 is 1.60 bits per heavy atom. The number of hydrogen-bond acceptors (Lipinski definition) is 4. The highest BCUT2D eigenvalue weighted by molar-refractivity contribution is 7.89. The molecule has 1 aliphatic rings. The quantitative estimate of drug-likeness (QED) is 0.619. The van der Waals surface area contributed by atoms with E-state index in [2.05, 4.69) is 5.32 Å². The van der Waals surface area contributed by atoms with E-state index in [1.54, 1.807) is 6.92 Å². The van der Waals surface area contributed by atoms with Crippen molar-refractivity contribution in [3.8, 4) is 0 Å². The van der Waals surface area contributed by atoms with Gasteiger partial charge in [-0.15, -0.1) is 0 Å². The van der Waals surface area contributed by atoms with E-state index in [-0.39, 0.29) is 18.2 Å². The molecule has 1 fully saturated rings. The number of hydrogen-bond donors (Lipinski definition) is 2. The van der Waals surface area contributed by atoms with E-state index in [4.69, 9.17) is 5.73 Å². The largest absolute Gasteiger partial charge is 0.353 e. The molecule has 15 heavy (non-hydrogen) atoms. The third-order valence-electron chi connectivity index (χ3n) is 2.40. The number of nitrogens with one attached hydrogen (secondary N) is 1. The van der Waals surface area contributed by atoms with Crippen LogP contribution in [0.5, 0.6) is 0 Å². The van der Waals surface area contributed by atoms with Gasteiger partial charge in [0.1, 0.15) is 6.04 Å². The molecule has 1 saturated heterocycles. The fourth-order valence-electron chi connectivity index (χ4n) is 1.68. The van der Waals surface area contributed by atoms with Crippen LogP contribution in [0.4, 0.5) is 0 Å². The third-order valence-corrected chi connectivity index (χ3v) is 4.30. The van der Waals surface area contributed by atoms with Gasteiger partial charge in [0.15, 0.2) is 0 Å². The van der Waals surface area contributed by atoms with E-state index in [9.17, 15) is 13.2 Å². The van der Waals surface area contributed by atoms with Gasteiger partial charge in [-0.05, 0) is 6.42 Å². The molecule has 1 unspecified atom stereocenters. The first-order valence-corrected chi connectivity index (χ1v) is 6.61. The maximum absolute atomic E-state index is 11.8. The van der Waals surface area contributed by atoms with Gasteiger partial charge in [-0.25, -0.2) is 8.42 Å². The standard InChI is InChI=1S/C8H17N3O3S/c1-2-7-8(12)10-4-5-11(7)15(13,14)6-3-9/h7H,2-6,9H2,1H3,(H,10,12). The van der Waals surface area contributed by atoms with E-state index in [0.29, 0.717) is 19.5 Å². The van der Waals surface area contributed by atoms with Crippen molar-refractivity contribution in [3.63, 3.8) is 0 Å². The van der Waals surface area contributed by atoms with E-state index in [0.717, 1.165) is 0 Å². The Labute approximate surface area is 89.9 Å². The summed E-state index contributed by atoms with van der Waals surface area (Å²) in [6, 6.07) is -0.574. The molecule has 0 bridgehead atoms. The van der Waals surface area contributed by atoms with Crippen LogP contribution < -0.4 is 11.1 Å². The van der Waals surface area contributed by atoms with Crippen LogP contribution in [0.15, 0.2) is 0 Å². The van der Waals surface area contributed by atoms with E-state index in [1.807, 2.05) is 0 Å². The van der Waals surface area contributed by atoms with Gasteiger partial charge in [0, 0.05) is 19.6 Å². The van der Waals surface area contributed by atoms with Gasteiger partial charge in [0.25, 0.3) is 0 Å². The fourth-order valence-corrected chi connectivity index (χ4v) is 3.22. The molecule has 1 heterocycles. The highest BCUT2D eigenvalue weighted by Gasteiger charge is 2.35. The van der Waals surface area contributed by atoms with Gasteiger partial charge in [-0.1, -0.05) is 6.92 Å². The van der Waals surface area contributed by atoms with Crippen molar-refractivity contribution in [1.82, 2.24) is 9.62 Å². The molecule has 0 aromatic heterocycles. The zero-order valence-electron chi connectivity index (χ0n) is 8.77. The lowest BCUT2D eigenvalue weighted by molar-refractivity contribution is -0.126. The van der Waals surface area contributed by atoms with Gasteiger partial charge in [0.2, 0.25) is 15.9 Å². The Balaban J connectivity index is 2.87. The highest BCUT2D eigenvalue weighted by atomic mass is 32.2. The predicted octanol–water partition coefficient (Wildman–Crippen LogP) is -1.51. The molecule has 0 aromatic carbocycles. The topological polar surface area (TPSA) is 92.5 Å². The number of carbonyl (C=O) groups excluding carboxylic acids is 1. The number of piperazine rings is 1. The molecule has 88 valence electrons. The summed E-state index contributed by atoms with van der Waals surface area (Å²) < 4.78 is 24.8. The smallest absolute Gasteiger partial charge is 0.238 e. The van der Waals surface area contributed by atoms with Crippen LogP contribution in [-0.4, -0.2) is 50.1 Å². The molecule has 0 saturated carbocycles. The van der Waals surface area contributed by atoms with E-state index in [1.165, 1.54) is 4.31 Å². The van der Waals surface area contributed by atoms with Gasteiger partial charge in [-0.3, -0.25) is 4.79 Å². The molecule has 1 aliphatic heterocycles. The summed E-state index contributed by atoms with van der Waals surface area (Å²) >= 11 is 0. The first kappa shape index (κ1) is 12.4. The Morgan fingerprint density at radius 3 is 2.80 bits per heavy atom. The van der Waals surface area contributed by atoms with Crippen LogP contribution >= 0.6 is 0 Å². The van der Waals surface area contributed by atoms with Gasteiger partial charge < -0.3 is 11.1 Å². The summed E-state index contributed by atoms with van der Waals surface area (Å²) in [5.41, 5.74) is 5.24. The molecule has 0 spiro atoms. The molecular formula is C8H17N3O3S. The molecule has 0 aromatic rings. The minimum absolute atomic E-state index is 0.0802. The van der Waals surface area contributed by atoms with E-state index >= 15 is 0 Å². The lowest BCUT2D eigenvalue weighted by Gasteiger charge is -2.33. The molecule has 7 heteroatoms. The zero-order valence-corrected chi connectivity index (χ0v) is 9.59. The maximum Gasteiger partial charge on any atom is 0.238 e. The van der Waals surface area contributed by atoms with Crippen LogP contribution in [-0.2, 0) is 14.8 Å². The predicted molar refractivity (Wildman–Crippen MR) is 56.6 cm³/mol. The van der Waals surface area contributed by atoms with Crippen molar-refractivity contribution in [2.45, 2.75) is 19.4 Å². The lowest BCUT2D eigenvalue weighted by atomic mass is 10.2. The number of rotatable bonds is 4. The molecule has 0 aliphatic carbocycles. The molecule has 0 radical (unpaired) electrons. The van der Waals surface area contributed by atoms with Crippen molar-refractivity contribution in [2.24, 2.45) is 5.73 Å². The third kappa shape index (κ3) is 2.67. The molecule has 3 N–H and O–H groups in total. The molecule has 1 amide bonds. The van der Waals surface area contributed by atoms with Crippen molar-refractivity contribution in [3.05, 3.63) is 0 Å². The highest BCUT2D eigenvalue weighted by Crippen LogP contribution is 2.13. The summed E-state index contributed by atoms with van der Waals surface area (Å²) in [6.07, 6.45) is 0.482. The second-order valence-electron chi connectivity index (χ2n) is 3.43. The average molecular weight is 235 g/mol. The Hall–Kier alpha value is -0.660. The summed E-state index contributed by atoms with van der Waals surface area (Å²) in [6.45, 7) is 2.59. The molecule has 1 rings (SSSR count). The fraction of sp³-hybridized carbons (Fsp3) is 0.875. The number of carbonyl (C=O) groups is 1. The van der Waals surface area contributed by atoms with Gasteiger partial charge in [-0.2, -0.15) is 4.31 Å². The van der Waals surface area contributed by atoms with Crippen LogP contribution in [0.25, 0.3) is 0 Å². The molecular weight excluding hydrogens is 218 g/mol. The second-order valence-corrected chi connectivity index (χ2v) is 5.47. The summed E-state index contributed by atoms with van der Waals surface area (Å²) in [5, 5.41) is 2.65. The Kier molecular flexibility index (Phi) is 4.06. The normalized spacial score (nSPS) is 23.9. The van der Waals surface area contributed by atoms with Crippen molar-refractivity contribution >= 4 is 15.9 Å².